The van der Waals surface area contributed by atoms with Crippen LogP contribution in [0.3, 0.4) is 0 Å². The number of Topliss-reactive ketones (excluding diaryl/α,β-unsaturated/α-hetero) is 1. The van der Waals surface area contributed by atoms with E-state index in [9.17, 15) is 9.90 Å². The molecule has 0 saturated carbocycles. The highest BCUT2D eigenvalue weighted by Gasteiger charge is 2.10. The minimum atomic E-state index is 0.0000926. The maximum absolute atomic E-state index is 11.0. The summed E-state index contributed by atoms with van der Waals surface area (Å²) in [7, 11) is 0. The topological polar surface area (TPSA) is 37.3 Å². The van der Waals surface area contributed by atoms with Crippen molar-refractivity contribution in [3.63, 3.8) is 0 Å². The molecule has 0 unspecified atom stereocenters. The zero-order valence-electron chi connectivity index (χ0n) is 6.27. The molecule has 0 aliphatic carbocycles. The first-order valence-electron chi connectivity index (χ1n) is 3.22. The van der Waals surface area contributed by atoms with Gasteiger partial charge in [-0.25, -0.2) is 0 Å². The van der Waals surface area contributed by atoms with Crippen LogP contribution in [-0.4, -0.2) is 10.9 Å². The third-order valence-corrected chi connectivity index (χ3v) is 4.11. The van der Waals surface area contributed by atoms with Crippen LogP contribution < -0.4 is 0 Å². The number of benzene rings is 1. The van der Waals surface area contributed by atoms with Crippen LogP contribution in [0.25, 0.3) is 0 Å². The van der Waals surface area contributed by atoms with Gasteiger partial charge in [0.1, 0.15) is 5.75 Å². The molecule has 0 spiro atoms. The SMILES string of the molecule is CC(=O)c1ccc(O)c(Br)c1I. The van der Waals surface area contributed by atoms with Crippen LogP contribution in [0.15, 0.2) is 16.6 Å². The molecule has 0 fully saturated rings. The minimum Gasteiger partial charge on any atom is -0.507 e. The highest BCUT2D eigenvalue weighted by atomic mass is 127. The summed E-state index contributed by atoms with van der Waals surface area (Å²) in [4.78, 5) is 11.0. The number of aromatic hydroxyl groups is 1. The van der Waals surface area contributed by atoms with Gasteiger partial charge >= 0.3 is 0 Å². The molecule has 0 aliphatic heterocycles. The quantitative estimate of drug-likeness (QED) is 0.630. The summed E-state index contributed by atoms with van der Waals surface area (Å²) in [6.07, 6.45) is 0. The number of halogens is 2. The smallest absolute Gasteiger partial charge is 0.160 e. The summed E-state index contributed by atoms with van der Waals surface area (Å²) in [6, 6.07) is 3.12. The Labute approximate surface area is 92.2 Å². The van der Waals surface area contributed by atoms with E-state index in [2.05, 4.69) is 15.9 Å². The van der Waals surface area contributed by atoms with Crippen LogP contribution in [-0.2, 0) is 0 Å². The van der Waals surface area contributed by atoms with E-state index in [0.717, 1.165) is 3.57 Å². The van der Waals surface area contributed by atoms with Gasteiger partial charge in [-0.1, -0.05) is 0 Å². The van der Waals surface area contributed by atoms with E-state index in [4.69, 9.17) is 0 Å². The molecule has 2 nitrogen and oxygen atoms in total. The molecule has 12 heavy (non-hydrogen) atoms. The third-order valence-electron chi connectivity index (χ3n) is 1.44. The number of phenolic OH excluding ortho intramolecular Hbond substituents is 1. The normalized spacial score (nSPS) is 9.92. The van der Waals surface area contributed by atoms with Gasteiger partial charge in [-0.2, -0.15) is 0 Å². The molecule has 0 radical (unpaired) electrons. The number of rotatable bonds is 1. The highest BCUT2D eigenvalue weighted by Crippen LogP contribution is 2.31. The van der Waals surface area contributed by atoms with Gasteiger partial charge in [-0.15, -0.1) is 0 Å². The Morgan fingerprint density at radius 3 is 2.67 bits per heavy atom. The van der Waals surface area contributed by atoms with E-state index >= 15 is 0 Å². The molecule has 1 aromatic carbocycles. The summed E-state index contributed by atoms with van der Waals surface area (Å²) < 4.78 is 1.33. The Hall–Kier alpha value is -0.100. The highest BCUT2D eigenvalue weighted by molar-refractivity contribution is 14.1. The second kappa shape index (κ2) is 3.74. The predicted molar refractivity (Wildman–Crippen MR) is 58.5 cm³/mol. The van der Waals surface area contributed by atoms with E-state index in [1.54, 1.807) is 6.07 Å². The molecule has 0 aromatic heterocycles. The number of hydrogen-bond acceptors (Lipinski definition) is 2. The first-order valence-corrected chi connectivity index (χ1v) is 5.09. The Morgan fingerprint density at radius 2 is 2.17 bits per heavy atom. The lowest BCUT2D eigenvalue weighted by molar-refractivity contribution is 0.101. The average Bonchev–Trinajstić information content (AvgIpc) is 2.00. The molecule has 0 amide bonds. The second-order valence-electron chi connectivity index (χ2n) is 2.32. The molecule has 0 aliphatic rings. The Morgan fingerprint density at radius 1 is 1.58 bits per heavy atom. The molecule has 1 N–H and O–H groups in total. The minimum absolute atomic E-state index is 0.0000926. The zero-order valence-corrected chi connectivity index (χ0v) is 10.0. The summed E-state index contributed by atoms with van der Waals surface area (Å²) in [5, 5.41) is 9.24. The fourth-order valence-corrected chi connectivity index (χ4v) is 1.99. The molecule has 0 bridgehead atoms. The van der Waals surface area contributed by atoms with Crippen molar-refractivity contribution in [1.82, 2.24) is 0 Å². The fourth-order valence-electron chi connectivity index (χ4n) is 0.811. The Balaban J connectivity index is 3.36. The van der Waals surface area contributed by atoms with Gasteiger partial charge in [0.05, 0.1) is 4.47 Å². The van der Waals surface area contributed by atoms with Crippen LogP contribution in [0.2, 0.25) is 0 Å². The molecule has 0 atom stereocenters. The Bertz CT molecular complexity index is 336. The number of hydrogen-bond donors (Lipinski definition) is 1. The maximum atomic E-state index is 11.0. The van der Waals surface area contributed by atoms with Crippen LogP contribution in [0.1, 0.15) is 17.3 Å². The fraction of sp³-hybridized carbons (Fsp3) is 0.125. The zero-order chi connectivity index (χ0) is 9.30. The average molecular weight is 341 g/mol. The summed E-state index contributed by atoms with van der Waals surface area (Å²) >= 11 is 5.21. The van der Waals surface area contributed by atoms with Crippen LogP contribution in [0, 0.1) is 3.57 Å². The molecule has 1 aromatic rings. The number of carbonyl (C=O) groups is 1. The van der Waals surface area contributed by atoms with E-state index in [1.807, 2.05) is 22.6 Å². The van der Waals surface area contributed by atoms with E-state index in [-0.39, 0.29) is 11.5 Å². The molecular formula is C8H6BrIO2. The molecule has 64 valence electrons. The maximum Gasteiger partial charge on any atom is 0.160 e. The van der Waals surface area contributed by atoms with Crippen molar-refractivity contribution in [2.45, 2.75) is 6.92 Å². The van der Waals surface area contributed by atoms with Gasteiger partial charge in [0.2, 0.25) is 0 Å². The van der Waals surface area contributed by atoms with Crippen LogP contribution in [0.5, 0.6) is 5.75 Å². The third kappa shape index (κ3) is 1.80. The van der Waals surface area contributed by atoms with Crippen molar-refractivity contribution in [3.8, 4) is 5.75 Å². The van der Waals surface area contributed by atoms with Crippen LogP contribution in [0.4, 0.5) is 0 Å². The first kappa shape index (κ1) is 9.98. The molecular weight excluding hydrogens is 335 g/mol. The predicted octanol–water partition coefficient (Wildman–Crippen LogP) is 2.96. The van der Waals surface area contributed by atoms with Crippen LogP contribution >= 0.6 is 38.5 Å². The number of phenols is 1. The van der Waals surface area contributed by atoms with Crippen molar-refractivity contribution >= 4 is 44.3 Å². The van der Waals surface area contributed by atoms with Gasteiger partial charge in [0.15, 0.2) is 5.78 Å². The van der Waals surface area contributed by atoms with Crippen molar-refractivity contribution < 1.29 is 9.90 Å². The second-order valence-corrected chi connectivity index (χ2v) is 4.19. The first-order chi connectivity index (χ1) is 5.54. The van der Waals surface area contributed by atoms with Gasteiger partial charge in [-0.3, -0.25) is 4.79 Å². The van der Waals surface area contributed by atoms with E-state index in [1.165, 1.54) is 13.0 Å². The Kier molecular flexibility index (Phi) is 3.11. The van der Waals surface area contributed by atoms with Crippen molar-refractivity contribution in [2.75, 3.05) is 0 Å². The lowest BCUT2D eigenvalue weighted by Crippen LogP contribution is -1.96. The molecule has 0 saturated heterocycles. The number of ketones is 1. The van der Waals surface area contributed by atoms with Crippen molar-refractivity contribution in [1.29, 1.82) is 0 Å². The molecule has 1 rings (SSSR count). The van der Waals surface area contributed by atoms with Gasteiger partial charge in [-0.05, 0) is 57.6 Å². The van der Waals surface area contributed by atoms with Gasteiger partial charge in [0.25, 0.3) is 0 Å². The number of carbonyl (C=O) groups excluding carboxylic acids is 1. The standard InChI is InChI=1S/C8H6BrIO2/c1-4(11)5-2-3-6(12)7(9)8(5)10/h2-3,12H,1H3. The summed E-state index contributed by atoms with van der Waals surface area (Å²) in [6.45, 7) is 1.50. The van der Waals surface area contributed by atoms with Gasteiger partial charge in [0, 0.05) is 9.13 Å². The lowest BCUT2D eigenvalue weighted by Gasteiger charge is -2.03. The van der Waals surface area contributed by atoms with E-state index < -0.39 is 0 Å². The molecule has 0 heterocycles. The van der Waals surface area contributed by atoms with Crippen molar-refractivity contribution in [2.24, 2.45) is 0 Å². The van der Waals surface area contributed by atoms with Crippen molar-refractivity contribution in [3.05, 3.63) is 25.7 Å². The monoisotopic (exact) mass is 340 g/mol. The summed E-state index contributed by atoms with van der Waals surface area (Å²) in [5.74, 6) is 0.157. The summed E-state index contributed by atoms with van der Waals surface area (Å²) in [5.41, 5.74) is 0.625. The van der Waals surface area contributed by atoms with Gasteiger partial charge < -0.3 is 5.11 Å². The lowest BCUT2D eigenvalue weighted by atomic mass is 10.1. The largest absolute Gasteiger partial charge is 0.507 e. The van der Waals surface area contributed by atoms with E-state index in [0.29, 0.717) is 10.0 Å². The molecule has 4 heteroatoms.